The van der Waals surface area contributed by atoms with Gasteiger partial charge in [-0.05, 0) is 53.7 Å². The average Bonchev–Trinajstić information content (AvgIpc) is 3.37. The Morgan fingerprint density at radius 1 is 1.00 bits per heavy atom. The highest BCUT2D eigenvalue weighted by Crippen LogP contribution is 2.32. The summed E-state index contributed by atoms with van der Waals surface area (Å²) in [6.07, 6.45) is -0.00807. The average molecular weight is 528 g/mol. The van der Waals surface area contributed by atoms with E-state index in [9.17, 15) is 24.3 Å². The molecule has 8 nitrogen and oxygen atoms in total. The summed E-state index contributed by atoms with van der Waals surface area (Å²) in [6.45, 7) is 16.3. The summed E-state index contributed by atoms with van der Waals surface area (Å²) >= 11 is 0. The first kappa shape index (κ1) is 29.8. The van der Waals surface area contributed by atoms with Gasteiger partial charge in [0.05, 0.1) is 12.6 Å². The summed E-state index contributed by atoms with van der Waals surface area (Å²) in [5, 5.41) is 13.4. The van der Waals surface area contributed by atoms with Crippen molar-refractivity contribution >= 4 is 23.5 Å². The molecule has 8 heteroatoms. The minimum atomic E-state index is -1.19. The molecule has 3 amide bonds. The molecule has 2 N–H and O–H groups in total. The molecule has 2 heterocycles. The number of ketones is 1. The molecule has 3 rings (SSSR count). The predicted octanol–water partition coefficient (Wildman–Crippen LogP) is 3.31. The fourth-order valence-corrected chi connectivity index (χ4v) is 5.47. The van der Waals surface area contributed by atoms with E-state index in [1.165, 1.54) is 9.80 Å². The van der Waals surface area contributed by atoms with Gasteiger partial charge in [0.15, 0.2) is 5.78 Å². The van der Waals surface area contributed by atoms with Crippen molar-refractivity contribution in [2.24, 2.45) is 11.3 Å². The molecule has 4 atom stereocenters. The predicted molar refractivity (Wildman–Crippen MR) is 147 cm³/mol. The van der Waals surface area contributed by atoms with Crippen molar-refractivity contribution in [2.75, 3.05) is 13.1 Å². The molecule has 0 radical (unpaired) electrons. The largest absolute Gasteiger partial charge is 0.383 e. The Hall–Kier alpha value is -2.74. The second kappa shape index (κ2) is 11.2. The summed E-state index contributed by atoms with van der Waals surface area (Å²) in [5.74, 6) is -1.16. The number of nitrogens with zero attached hydrogens (tertiary/aromatic N) is 2. The number of fused-ring (bicyclic) bond motifs is 1. The van der Waals surface area contributed by atoms with Crippen molar-refractivity contribution in [3.8, 4) is 0 Å². The number of hydrogen-bond donors (Lipinski definition) is 2. The number of aliphatic hydroxyl groups excluding tert-OH is 1. The van der Waals surface area contributed by atoms with E-state index >= 15 is 0 Å². The second-order valence-electron chi connectivity index (χ2n) is 13.5. The summed E-state index contributed by atoms with van der Waals surface area (Å²) < 4.78 is 0. The topological polar surface area (TPSA) is 107 Å². The van der Waals surface area contributed by atoms with Crippen molar-refractivity contribution in [3.63, 3.8) is 0 Å². The van der Waals surface area contributed by atoms with E-state index in [1.54, 1.807) is 12.1 Å². The van der Waals surface area contributed by atoms with Crippen LogP contribution in [0.15, 0.2) is 24.3 Å². The Bertz CT molecular complexity index is 1050. The number of nitrogens with one attached hydrogen (secondary N) is 1. The number of Topliss-reactive ketones (excluding diaryl/α,β-unsaturated/α-hetero) is 1. The maximum Gasteiger partial charge on any atom is 0.252 e. The smallest absolute Gasteiger partial charge is 0.252 e. The standard InChI is InChI=1S/C30H45N3O5/c1-18(2)15-21(31-26(36)19-9-11-20(12-10-19)30(6,7)8)27(37)32-14-13-22-25(32)24(35)17-33(22)28(38)23(34)16-29(3,4)5/h9-12,18,21-23,25,34H,13-17H2,1-8H3,(H,31,36). The van der Waals surface area contributed by atoms with E-state index in [1.807, 2.05) is 46.8 Å². The van der Waals surface area contributed by atoms with E-state index in [4.69, 9.17) is 0 Å². The third-order valence-corrected chi connectivity index (χ3v) is 7.40. The third kappa shape index (κ3) is 6.82. The first-order chi connectivity index (χ1) is 17.5. The molecule has 0 aliphatic carbocycles. The fourth-order valence-electron chi connectivity index (χ4n) is 5.47. The molecule has 0 spiro atoms. The Labute approximate surface area is 227 Å². The van der Waals surface area contributed by atoms with Gasteiger partial charge in [0, 0.05) is 12.1 Å². The third-order valence-electron chi connectivity index (χ3n) is 7.40. The lowest BCUT2D eigenvalue weighted by molar-refractivity contribution is -0.143. The van der Waals surface area contributed by atoms with Crippen LogP contribution in [0.2, 0.25) is 0 Å². The lowest BCUT2D eigenvalue weighted by Crippen LogP contribution is -2.53. The molecular formula is C30H45N3O5. The molecule has 0 aromatic heterocycles. The lowest BCUT2D eigenvalue weighted by Gasteiger charge is -2.30. The second-order valence-corrected chi connectivity index (χ2v) is 13.5. The Balaban J connectivity index is 1.75. The number of amides is 3. The van der Waals surface area contributed by atoms with Gasteiger partial charge in [-0.2, -0.15) is 0 Å². The molecule has 4 unspecified atom stereocenters. The van der Waals surface area contributed by atoms with Gasteiger partial charge in [-0.1, -0.05) is 67.5 Å². The number of hydrogen-bond acceptors (Lipinski definition) is 5. The highest BCUT2D eigenvalue weighted by Gasteiger charge is 2.53. The van der Waals surface area contributed by atoms with Crippen molar-refractivity contribution < 1.29 is 24.3 Å². The van der Waals surface area contributed by atoms with Gasteiger partial charge in [-0.3, -0.25) is 19.2 Å². The molecular weight excluding hydrogens is 482 g/mol. The summed E-state index contributed by atoms with van der Waals surface area (Å²) in [7, 11) is 0. The fraction of sp³-hybridized carbons (Fsp3) is 0.667. The van der Waals surface area contributed by atoms with E-state index < -0.39 is 30.1 Å². The quantitative estimate of drug-likeness (QED) is 0.566. The van der Waals surface area contributed by atoms with Crippen LogP contribution in [0, 0.1) is 11.3 Å². The van der Waals surface area contributed by atoms with Crippen LogP contribution < -0.4 is 5.32 Å². The number of carbonyl (C=O) groups is 4. The van der Waals surface area contributed by atoms with Gasteiger partial charge in [0.1, 0.15) is 18.2 Å². The molecule has 210 valence electrons. The van der Waals surface area contributed by atoms with Crippen molar-refractivity contribution in [1.29, 1.82) is 0 Å². The van der Waals surface area contributed by atoms with Crippen LogP contribution in [-0.2, 0) is 19.8 Å². The molecule has 2 fully saturated rings. The Morgan fingerprint density at radius 3 is 2.13 bits per heavy atom. The van der Waals surface area contributed by atoms with Gasteiger partial charge < -0.3 is 20.2 Å². The van der Waals surface area contributed by atoms with Crippen LogP contribution in [-0.4, -0.2) is 75.7 Å². The first-order valence-corrected chi connectivity index (χ1v) is 13.7. The van der Waals surface area contributed by atoms with Crippen LogP contribution in [0.1, 0.15) is 90.6 Å². The SMILES string of the molecule is CC(C)CC(NC(=O)c1ccc(C(C)(C)C)cc1)C(=O)N1CCC2C1C(=O)CN2C(=O)C(O)CC(C)(C)C. The number of benzene rings is 1. The van der Waals surface area contributed by atoms with Crippen molar-refractivity contribution in [1.82, 2.24) is 15.1 Å². The molecule has 2 saturated heterocycles. The summed E-state index contributed by atoms with van der Waals surface area (Å²) in [4.78, 5) is 55.9. The van der Waals surface area contributed by atoms with E-state index in [0.29, 0.717) is 24.9 Å². The first-order valence-electron chi connectivity index (χ1n) is 13.7. The Morgan fingerprint density at radius 2 is 1.61 bits per heavy atom. The highest BCUT2D eigenvalue weighted by atomic mass is 16.3. The number of likely N-dealkylation sites (tertiary alicyclic amines) is 2. The zero-order valence-electron chi connectivity index (χ0n) is 24.2. The van der Waals surface area contributed by atoms with Crippen LogP contribution in [0.5, 0.6) is 0 Å². The van der Waals surface area contributed by atoms with Gasteiger partial charge in [-0.15, -0.1) is 0 Å². The molecule has 1 aromatic carbocycles. The molecule has 2 aliphatic heterocycles. The van der Waals surface area contributed by atoms with E-state index in [0.717, 1.165) is 5.56 Å². The van der Waals surface area contributed by atoms with Gasteiger partial charge in [-0.25, -0.2) is 0 Å². The van der Waals surface area contributed by atoms with E-state index in [-0.39, 0.29) is 47.3 Å². The summed E-state index contributed by atoms with van der Waals surface area (Å²) in [5.41, 5.74) is 1.30. The normalized spacial score (nSPS) is 21.5. The van der Waals surface area contributed by atoms with Gasteiger partial charge in [0.25, 0.3) is 11.8 Å². The van der Waals surface area contributed by atoms with Crippen molar-refractivity contribution in [2.45, 2.75) is 104 Å². The maximum absolute atomic E-state index is 13.7. The minimum Gasteiger partial charge on any atom is -0.383 e. The van der Waals surface area contributed by atoms with Gasteiger partial charge >= 0.3 is 0 Å². The van der Waals surface area contributed by atoms with Gasteiger partial charge in [0.2, 0.25) is 5.91 Å². The van der Waals surface area contributed by atoms with Crippen LogP contribution >= 0.6 is 0 Å². The lowest BCUT2D eigenvalue weighted by atomic mass is 9.86. The summed E-state index contributed by atoms with van der Waals surface area (Å²) in [6, 6.07) is 5.41. The van der Waals surface area contributed by atoms with E-state index in [2.05, 4.69) is 26.1 Å². The molecule has 0 saturated carbocycles. The Kier molecular flexibility index (Phi) is 8.76. The minimum absolute atomic E-state index is 0.0384. The zero-order chi connectivity index (χ0) is 28.6. The number of rotatable bonds is 7. The zero-order valence-corrected chi connectivity index (χ0v) is 24.2. The number of aliphatic hydroxyl groups is 1. The molecule has 0 bridgehead atoms. The van der Waals surface area contributed by atoms with Crippen LogP contribution in [0.3, 0.4) is 0 Å². The highest BCUT2D eigenvalue weighted by molar-refractivity contribution is 6.01. The van der Waals surface area contributed by atoms with Crippen molar-refractivity contribution in [3.05, 3.63) is 35.4 Å². The molecule has 38 heavy (non-hydrogen) atoms. The van der Waals surface area contributed by atoms with Crippen LogP contribution in [0.4, 0.5) is 0 Å². The maximum atomic E-state index is 13.7. The number of carbonyl (C=O) groups excluding carboxylic acids is 4. The van der Waals surface area contributed by atoms with Crippen LogP contribution in [0.25, 0.3) is 0 Å². The monoisotopic (exact) mass is 527 g/mol. The molecule has 1 aromatic rings. The molecule has 2 aliphatic rings.